The van der Waals surface area contributed by atoms with Crippen molar-refractivity contribution in [2.75, 3.05) is 18.6 Å². The van der Waals surface area contributed by atoms with Crippen LogP contribution in [0.15, 0.2) is 22.8 Å². The quantitative estimate of drug-likeness (QED) is 0.786. The van der Waals surface area contributed by atoms with E-state index in [2.05, 4.69) is 32.5 Å². The smallest absolute Gasteiger partial charge is 0.269 e. The van der Waals surface area contributed by atoms with Crippen LogP contribution >= 0.6 is 27.7 Å². The Labute approximate surface area is 115 Å². The topological polar surface area (TPSA) is 42.0 Å². The number of halogens is 1. The predicted octanol–water partition coefficient (Wildman–Crippen LogP) is 3.11. The molecule has 5 heteroatoms. The molecular formula is C12H17BrN2OS. The lowest BCUT2D eigenvalue weighted by Crippen LogP contribution is -2.25. The summed E-state index contributed by atoms with van der Waals surface area (Å²) >= 11 is 5.15. The van der Waals surface area contributed by atoms with Crippen molar-refractivity contribution < 1.29 is 4.79 Å². The van der Waals surface area contributed by atoms with Crippen LogP contribution in [0.25, 0.3) is 0 Å². The Bertz CT molecular complexity index is 343. The minimum atomic E-state index is -0.0950. The number of hydrogen-bond acceptors (Lipinski definition) is 3. The number of carbonyl (C=O) groups excluding carboxylic acids is 1. The zero-order chi connectivity index (χ0) is 12.5. The summed E-state index contributed by atoms with van der Waals surface area (Å²) in [4.78, 5) is 15.7. The molecule has 0 aliphatic carbocycles. The summed E-state index contributed by atoms with van der Waals surface area (Å²) in [5.74, 6) is 1.10. The first kappa shape index (κ1) is 14.5. The highest BCUT2D eigenvalue weighted by molar-refractivity contribution is 9.10. The second-order valence-electron chi connectivity index (χ2n) is 3.67. The van der Waals surface area contributed by atoms with Gasteiger partial charge in [-0.05, 0) is 52.9 Å². The number of rotatable bonds is 7. The fourth-order valence-electron chi connectivity index (χ4n) is 1.35. The minimum absolute atomic E-state index is 0.0950. The Morgan fingerprint density at radius 3 is 2.88 bits per heavy atom. The van der Waals surface area contributed by atoms with Crippen molar-refractivity contribution in [2.45, 2.75) is 19.3 Å². The molecule has 0 saturated heterocycles. The van der Waals surface area contributed by atoms with E-state index in [1.165, 1.54) is 12.2 Å². The first-order chi connectivity index (χ1) is 8.24. The highest BCUT2D eigenvalue weighted by atomic mass is 79.9. The van der Waals surface area contributed by atoms with Crippen LogP contribution in [-0.2, 0) is 0 Å². The van der Waals surface area contributed by atoms with Gasteiger partial charge in [0.25, 0.3) is 5.91 Å². The SMILES string of the molecule is CSCCCCCNC(=O)c1ccc(Br)cn1. The molecular weight excluding hydrogens is 300 g/mol. The summed E-state index contributed by atoms with van der Waals surface area (Å²) in [6.45, 7) is 0.727. The number of unbranched alkanes of at least 4 members (excludes halogenated alkanes) is 2. The van der Waals surface area contributed by atoms with Crippen LogP contribution in [0.2, 0.25) is 0 Å². The monoisotopic (exact) mass is 316 g/mol. The van der Waals surface area contributed by atoms with Crippen LogP contribution in [0.4, 0.5) is 0 Å². The molecule has 1 rings (SSSR count). The normalized spacial score (nSPS) is 10.2. The molecule has 17 heavy (non-hydrogen) atoms. The summed E-state index contributed by atoms with van der Waals surface area (Å²) in [6.07, 6.45) is 7.15. The molecule has 0 aliphatic heterocycles. The zero-order valence-electron chi connectivity index (χ0n) is 9.91. The van der Waals surface area contributed by atoms with Gasteiger partial charge in [0.15, 0.2) is 0 Å². The number of carbonyl (C=O) groups is 1. The van der Waals surface area contributed by atoms with Gasteiger partial charge in [0, 0.05) is 17.2 Å². The highest BCUT2D eigenvalue weighted by Crippen LogP contribution is 2.07. The van der Waals surface area contributed by atoms with E-state index in [1.54, 1.807) is 12.3 Å². The number of amides is 1. The molecule has 0 fully saturated rings. The first-order valence-electron chi connectivity index (χ1n) is 5.62. The van der Waals surface area contributed by atoms with Crippen molar-refractivity contribution in [3.05, 3.63) is 28.5 Å². The van der Waals surface area contributed by atoms with Gasteiger partial charge in [-0.1, -0.05) is 6.42 Å². The van der Waals surface area contributed by atoms with Crippen LogP contribution in [0.3, 0.4) is 0 Å². The lowest BCUT2D eigenvalue weighted by Gasteiger charge is -2.04. The number of thioether (sulfide) groups is 1. The van der Waals surface area contributed by atoms with Gasteiger partial charge in [0.1, 0.15) is 5.69 Å². The van der Waals surface area contributed by atoms with Gasteiger partial charge >= 0.3 is 0 Å². The predicted molar refractivity (Wildman–Crippen MR) is 76.5 cm³/mol. The molecule has 1 aromatic heterocycles. The molecule has 1 heterocycles. The second kappa shape index (κ2) is 8.53. The van der Waals surface area contributed by atoms with Crippen LogP contribution in [0, 0.1) is 0 Å². The number of nitrogens with zero attached hydrogens (tertiary/aromatic N) is 1. The maximum Gasteiger partial charge on any atom is 0.269 e. The van der Waals surface area contributed by atoms with Crippen molar-refractivity contribution in [1.29, 1.82) is 0 Å². The summed E-state index contributed by atoms with van der Waals surface area (Å²) in [6, 6.07) is 3.54. The van der Waals surface area contributed by atoms with Crippen molar-refractivity contribution in [1.82, 2.24) is 10.3 Å². The molecule has 1 amide bonds. The van der Waals surface area contributed by atoms with Crippen LogP contribution < -0.4 is 5.32 Å². The van der Waals surface area contributed by atoms with Crippen molar-refractivity contribution >= 4 is 33.6 Å². The third-order valence-electron chi connectivity index (χ3n) is 2.27. The van der Waals surface area contributed by atoms with Gasteiger partial charge in [0.05, 0.1) is 0 Å². The van der Waals surface area contributed by atoms with E-state index in [9.17, 15) is 4.79 Å². The van der Waals surface area contributed by atoms with Gasteiger partial charge < -0.3 is 5.32 Å². The summed E-state index contributed by atoms with van der Waals surface area (Å²) in [7, 11) is 0. The number of nitrogens with one attached hydrogen (secondary N) is 1. The van der Waals surface area contributed by atoms with E-state index in [0.29, 0.717) is 5.69 Å². The third-order valence-corrected chi connectivity index (χ3v) is 3.44. The number of hydrogen-bond donors (Lipinski definition) is 1. The first-order valence-corrected chi connectivity index (χ1v) is 7.81. The largest absolute Gasteiger partial charge is 0.351 e. The van der Waals surface area contributed by atoms with Crippen molar-refractivity contribution in [3.63, 3.8) is 0 Å². The van der Waals surface area contributed by atoms with Gasteiger partial charge in [-0.3, -0.25) is 4.79 Å². The van der Waals surface area contributed by atoms with E-state index in [1.807, 2.05) is 17.8 Å². The Balaban J connectivity index is 2.19. The van der Waals surface area contributed by atoms with E-state index in [4.69, 9.17) is 0 Å². The highest BCUT2D eigenvalue weighted by Gasteiger charge is 2.05. The lowest BCUT2D eigenvalue weighted by atomic mass is 10.2. The maximum atomic E-state index is 11.7. The maximum absolute atomic E-state index is 11.7. The van der Waals surface area contributed by atoms with Crippen molar-refractivity contribution in [2.24, 2.45) is 0 Å². The average molecular weight is 317 g/mol. The molecule has 0 spiro atoms. The third kappa shape index (κ3) is 6.07. The summed E-state index contributed by atoms with van der Waals surface area (Å²) in [5, 5.41) is 2.87. The Kier molecular flexibility index (Phi) is 7.28. The van der Waals surface area contributed by atoms with Gasteiger partial charge in [0.2, 0.25) is 0 Å². The van der Waals surface area contributed by atoms with E-state index in [-0.39, 0.29) is 5.91 Å². The molecule has 0 aromatic carbocycles. The van der Waals surface area contributed by atoms with Crippen LogP contribution in [0.5, 0.6) is 0 Å². The molecule has 3 nitrogen and oxygen atoms in total. The Morgan fingerprint density at radius 2 is 2.24 bits per heavy atom. The van der Waals surface area contributed by atoms with Gasteiger partial charge in [-0.2, -0.15) is 11.8 Å². The molecule has 0 aliphatic rings. The average Bonchev–Trinajstić information content (AvgIpc) is 2.34. The second-order valence-corrected chi connectivity index (χ2v) is 5.57. The van der Waals surface area contributed by atoms with Gasteiger partial charge in [-0.25, -0.2) is 4.98 Å². The number of aromatic nitrogens is 1. The van der Waals surface area contributed by atoms with Gasteiger partial charge in [-0.15, -0.1) is 0 Å². The van der Waals surface area contributed by atoms with E-state index < -0.39 is 0 Å². The molecule has 0 atom stereocenters. The number of pyridine rings is 1. The minimum Gasteiger partial charge on any atom is -0.351 e. The molecule has 0 unspecified atom stereocenters. The lowest BCUT2D eigenvalue weighted by molar-refractivity contribution is 0.0948. The van der Waals surface area contributed by atoms with E-state index >= 15 is 0 Å². The standard InChI is InChI=1S/C12H17BrN2OS/c1-17-8-4-2-3-7-14-12(16)11-6-5-10(13)9-15-11/h5-6,9H,2-4,7-8H2,1H3,(H,14,16). The molecule has 1 N–H and O–H groups in total. The molecule has 0 saturated carbocycles. The Hall–Kier alpha value is -0.550. The molecule has 0 bridgehead atoms. The summed E-state index contributed by atoms with van der Waals surface area (Å²) < 4.78 is 0.881. The fraction of sp³-hybridized carbons (Fsp3) is 0.500. The zero-order valence-corrected chi connectivity index (χ0v) is 12.3. The molecule has 0 radical (unpaired) electrons. The van der Waals surface area contributed by atoms with E-state index in [0.717, 1.165) is 23.9 Å². The van der Waals surface area contributed by atoms with Crippen LogP contribution in [0.1, 0.15) is 29.8 Å². The fourth-order valence-corrected chi connectivity index (χ4v) is 2.08. The summed E-state index contributed by atoms with van der Waals surface area (Å²) in [5.41, 5.74) is 0.470. The Morgan fingerprint density at radius 1 is 1.41 bits per heavy atom. The molecule has 1 aromatic rings. The molecule has 94 valence electrons. The van der Waals surface area contributed by atoms with Crippen LogP contribution in [-0.4, -0.2) is 29.4 Å². The van der Waals surface area contributed by atoms with Crippen molar-refractivity contribution in [3.8, 4) is 0 Å².